The molecule has 0 N–H and O–H groups in total. The quantitative estimate of drug-likeness (QED) is 0.528. The van der Waals surface area contributed by atoms with E-state index < -0.39 is 17.7 Å². The van der Waals surface area contributed by atoms with Crippen molar-refractivity contribution in [1.29, 1.82) is 0 Å². The van der Waals surface area contributed by atoms with Gasteiger partial charge >= 0.3 is 6.18 Å². The van der Waals surface area contributed by atoms with E-state index in [2.05, 4.69) is 21.0 Å². The first-order valence-corrected chi connectivity index (χ1v) is 6.71. The summed E-state index contributed by atoms with van der Waals surface area (Å²) < 4.78 is 54.0. The largest absolute Gasteiger partial charge is 0.435 e. The van der Waals surface area contributed by atoms with E-state index in [1.165, 1.54) is 12.3 Å². The number of rotatable bonds is 2. The van der Waals surface area contributed by atoms with E-state index in [9.17, 15) is 17.6 Å². The predicted molar refractivity (Wildman–Crippen MR) is 71.0 cm³/mol. The number of hydrogen-bond acceptors (Lipinski definition) is 1. The SMILES string of the molecule is CCn1cc(-c2c(Br)ccc(F)c2Cl)c(C(F)(F)F)n1. The Kier molecular flexibility index (Phi) is 4.11. The number of hydrogen-bond donors (Lipinski definition) is 0. The van der Waals surface area contributed by atoms with Crippen LogP contribution in [0.4, 0.5) is 17.6 Å². The summed E-state index contributed by atoms with van der Waals surface area (Å²) in [5, 5.41) is 3.10. The van der Waals surface area contributed by atoms with Crippen molar-refractivity contribution >= 4 is 27.5 Å². The van der Waals surface area contributed by atoms with Crippen molar-refractivity contribution < 1.29 is 17.6 Å². The van der Waals surface area contributed by atoms with Crippen molar-refractivity contribution in [3.05, 3.63) is 39.3 Å². The lowest BCUT2D eigenvalue weighted by molar-refractivity contribution is -0.141. The summed E-state index contributed by atoms with van der Waals surface area (Å²) in [6.07, 6.45) is -3.45. The van der Waals surface area contributed by atoms with Gasteiger partial charge in [0.2, 0.25) is 0 Å². The molecule has 0 aliphatic rings. The highest BCUT2D eigenvalue weighted by molar-refractivity contribution is 9.10. The van der Waals surface area contributed by atoms with Crippen LogP contribution in [0.5, 0.6) is 0 Å². The van der Waals surface area contributed by atoms with E-state index in [-0.39, 0.29) is 27.2 Å². The van der Waals surface area contributed by atoms with E-state index in [0.717, 1.165) is 10.7 Å². The lowest BCUT2D eigenvalue weighted by atomic mass is 10.1. The standard InChI is InChI=1S/C12H8BrClF4N2/c1-2-20-5-6(11(19-20)12(16,17)18)9-7(13)3-4-8(15)10(9)14/h3-5H,2H2,1H3. The van der Waals surface area contributed by atoms with Gasteiger partial charge in [0.05, 0.1) is 5.02 Å². The molecule has 0 bridgehead atoms. The third-order valence-corrected chi connectivity index (χ3v) is 3.70. The normalized spacial score (nSPS) is 11.9. The van der Waals surface area contributed by atoms with Crippen molar-refractivity contribution in [1.82, 2.24) is 9.78 Å². The van der Waals surface area contributed by atoms with Crippen molar-refractivity contribution in [2.24, 2.45) is 0 Å². The average molecular weight is 372 g/mol. The van der Waals surface area contributed by atoms with Crippen LogP contribution in [0.15, 0.2) is 22.8 Å². The molecule has 2 aromatic rings. The number of aryl methyl sites for hydroxylation is 1. The minimum atomic E-state index is -4.65. The second kappa shape index (κ2) is 5.37. The summed E-state index contributed by atoms with van der Waals surface area (Å²) in [5.41, 5.74) is -1.40. The maximum atomic E-state index is 13.5. The molecule has 0 saturated heterocycles. The molecule has 108 valence electrons. The van der Waals surface area contributed by atoms with E-state index in [4.69, 9.17) is 11.6 Å². The lowest BCUT2D eigenvalue weighted by Gasteiger charge is -2.10. The van der Waals surface area contributed by atoms with Gasteiger partial charge in [-0.2, -0.15) is 18.3 Å². The highest BCUT2D eigenvalue weighted by Gasteiger charge is 2.38. The molecule has 1 aromatic heterocycles. The third kappa shape index (κ3) is 2.69. The van der Waals surface area contributed by atoms with Gasteiger partial charge in [-0.1, -0.05) is 27.5 Å². The fourth-order valence-corrected chi connectivity index (χ4v) is 2.67. The molecule has 8 heteroatoms. The highest BCUT2D eigenvalue weighted by atomic mass is 79.9. The fourth-order valence-electron chi connectivity index (χ4n) is 1.75. The Balaban J connectivity index is 2.76. The first-order valence-electron chi connectivity index (χ1n) is 5.54. The molecule has 0 aliphatic heterocycles. The van der Waals surface area contributed by atoms with Crippen molar-refractivity contribution in [2.75, 3.05) is 0 Å². The minimum Gasteiger partial charge on any atom is -0.272 e. The molecule has 2 rings (SSSR count). The van der Waals surface area contributed by atoms with Crippen LogP contribution < -0.4 is 0 Å². The molecule has 0 radical (unpaired) electrons. The first-order chi connectivity index (χ1) is 9.25. The minimum absolute atomic E-state index is 0.0568. The predicted octanol–water partition coefficient (Wildman–Crippen LogP) is 5.14. The summed E-state index contributed by atoms with van der Waals surface area (Å²) in [6.45, 7) is 1.91. The molecule has 0 aliphatic carbocycles. The highest BCUT2D eigenvalue weighted by Crippen LogP contribution is 2.42. The Morgan fingerprint density at radius 2 is 2.00 bits per heavy atom. The van der Waals surface area contributed by atoms with Gasteiger partial charge < -0.3 is 0 Å². The Morgan fingerprint density at radius 1 is 1.35 bits per heavy atom. The zero-order valence-electron chi connectivity index (χ0n) is 10.1. The van der Waals surface area contributed by atoms with Crippen LogP contribution in [0.2, 0.25) is 5.02 Å². The van der Waals surface area contributed by atoms with Gasteiger partial charge in [0.15, 0.2) is 5.69 Å². The Labute approximate surface area is 125 Å². The van der Waals surface area contributed by atoms with Crippen LogP contribution in [0.1, 0.15) is 12.6 Å². The molecule has 20 heavy (non-hydrogen) atoms. The number of aromatic nitrogens is 2. The van der Waals surface area contributed by atoms with Crippen LogP contribution in [0.3, 0.4) is 0 Å². The molecule has 1 heterocycles. The van der Waals surface area contributed by atoms with Gasteiger partial charge in [-0.3, -0.25) is 4.68 Å². The van der Waals surface area contributed by atoms with Crippen molar-refractivity contribution in [3.8, 4) is 11.1 Å². The average Bonchev–Trinajstić information content (AvgIpc) is 2.78. The van der Waals surface area contributed by atoms with Crippen LogP contribution in [0.25, 0.3) is 11.1 Å². The van der Waals surface area contributed by atoms with Gasteiger partial charge in [-0.15, -0.1) is 0 Å². The number of nitrogens with zero attached hydrogens (tertiary/aromatic N) is 2. The van der Waals surface area contributed by atoms with Crippen LogP contribution in [0, 0.1) is 5.82 Å². The Bertz CT molecular complexity index is 652. The number of halogens is 6. The molecular weight excluding hydrogens is 363 g/mol. The van der Waals surface area contributed by atoms with E-state index in [0.29, 0.717) is 0 Å². The summed E-state index contributed by atoms with van der Waals surface area (Å²) in [4.78, 5) is 0. The summed E-state index contributed by atoms with van der Waals surface area (Å²) in [5.74, 6) is -0.790. The first kappa shape index (κ1) is 15.3. The number of alkyl halides is 3. The molecular formula is C12H8BrClF4N2. The molecule has 0 unspecified atom stereocenters. The van der Waals surface area contributed by atoms with Gasteiger partial charge in [0.1, 0.15) is 5.82 Å². The molecule has 0 saturated carbocycles. The van der Waals surface area contributed by atoms with E-state index >= 15 is 0 Å². The molecule has 0 fully saturated rings. The second-order valence-corrected chi connectivity index (χ2v) is 5.20. The van der Waals surface area contributed by atoms with Gasteiger partial charge in [0.25, 0.3) is 0 Å². The summed E-state index contributed by atoms with van der Waals surface area (Å²) in [7, 11) is 0. The van der Waals surface area contributed by atoms with E-state index in [1.807, 2.05) is 0 Å². The van der Waals surface area contributed by atoms with Gasteiger partial charge in [0, 0.05) is 28.3 Å². The Hall–Kier alpha value is -1.08. The van der Waals surface area contributed by atoms with Gasteiger partial charge in [-0.25, -0.2) is 4.39 Å². The maximum Gasteiger partial charge on any atom is 0.435 e. The molecule has 2 nitrogen and oxygen atoms in total. The lowest BCUT2D eigenvalue weighted by Crippen LogP contribution is -2.09. The summed E-state index contributed by atoms with van der Waals surface area (Å²) in [6, 6.07) is 2.38. The molecule has 0 spiro atoms. The van der Waals surface area contributed by atoms with Crippen molar-refractivity contribution in [3.63, 3.8) is 0 Å². The maximum absolute atomic E-state index is 13.5. The van der Waals surface area contributed by atoms with Crippen LogP contribution >= 0.6 is 27.5 Å². The third-order valence-electron chi connectivity index (χ3n) is 2.67. The van der Waals surface area contributed by atoms with Gasteiger partial charge in [-0.05, 0) is 19.1 Å². The molecule has 1 aromatic carbocycles. The topological polar surface area (TPSA) is 17.8 Å². The van der Waals surface area contributed by atoms with Crippen LogP contribution in [-0.4, -0.2) is 9.78 Å². The zero-order valence-corrected chi connectivity index (χ0v) is 12.4. The zero-order chi connectivity index (χ0) is 15.1. The fraction of sp³-hybridized carbons (Fsp3) is 0.250. The summed E-state index contributed by atoms with van der Waals surface area (Å²) >= 11 is 8.89. The molecule has 0 amide bonds. The number of benzene rings is 1. The molecule has 0 atom stereocenters. The smallest absolute Gasteiger partial charge is 0.272 e. The second-order valence-electron chi connectivity index (χ2n) is 3.96. The van der Waals surface area contributed by atoms with E-state index in [1.54, 1.807) is 6.92 Å². The van der Waals surface area contributed by atoms with Crippen LogP contribution in [-0.2, 0) is 12.7 Å². The monoisotopic (exact) mass is 370 g/mol. The van der Waals surface area contributed by atoms with Crippen molar-refractivity contribution in [2.45, 2.75) is 19.6 Å². The Morgan fingerprint density at radius 3 is 2.55 bits per heavy atom.